The summed E-state index contributed by atoms with van der Waals surface area (Å²) in [6.45, 7) is 5.65. The van der Waals surface area contributed by atoms with Crippen LogP contribution in [-0.4, -0.2) is 23.9 Å². The number of nitrogens with one attached hydrogen (secondary N) is 1. The van der Waals surface area contributed by atoms with E-state index in [0.29, 0.717) is 16.9 Å². The molecular weight excluding hydrogens is 416 g/mol. The van der Waals surface area contributed by atoms with E-state index in [-0.39, 0.29) is 16.8 Å². The van der Waals surface area contributed by atoms with Gasteiger partial charge in [0.2, 0.25) is 0 Å². The van der Waals surface area contributed by atoms with E-state index < -0.39 is 17.8 Å². The number of aryl methyl sites for hydroxylation is 1. The summed E-state index contributed by atoms with van der Waals surface area (Å²) in [4.78, 5) is 38.8. The Kier molecular flexibility index (Phi) is 7.13. The first kappa shape index (κ1) is 22.6. The zero-order valence-electron chi connectivity index (χ0n) is 17.8. The molecule has 2 aromatic rings. The molecule has 1 aliphatic rings. The maximum Gasteiger partial charge on any atom is 0.338 e. The molecular formula is C24H25ClN2O4. The SMILES string of the molecule is CCCCc1ccc(N2C(=O)C(Cl)=C(Nc3cccc(C(=O)OC(C)C)c3)C2=O)cc1. The van der Waals surface area contributed by atoms with Gasteiger partial charge in [0.05, 0.1) is 17.4 Å². The van der Waals surface area contributed by atoms with Gasteiger partial charge in [-0.05, 0) is 62.6 Å². The number of halogens is 1. The molecule has 2 amide bonds. The van der Waals surface area contributed by atoms with Crippen molar-refractivity contribution in [1.82, 2.24) is 0 Å². The lowest BCUT2D eigenvalue weighted by molar-refractivity contribution is -0.120. The second-order valence-electron chi connectivity index (χ2n) is 7.56. The Morgan fingerprint density at radius 1 is 1.10 bits per heavy atom. The van der Waals surface area contributed by atoms with Crippen LogP contribution in [0.5, 0.6) is 0 Å². The summed E-state index contributed by atoms with van der Waals surface area (Å²) < 4.78 is 5.20. The molecule has 0 aliphatic carbocycles. The summed E-state index contributed by atoms with van der Waals surface area (Å²) >= 11 is 6.20. The van der Waals surface area contributed by atoms with Gasteiger partial charge in [-0.15, -0.1) is 0 Å². The fourth-order valence-electron chi connectivity index (χ4n) is 3.19. The van der Waals surface area contributed by atoms with Crippen molar-refractivity contribution < 1.29 is 19.1 Å². The number of hydrogen-bond donors (Lipinski definition) is 1. The van der Waals surface area contributed by atoms with Gasteiger partial charge in [-0.3, -0.25) is 9.59 Å². The molecule has 3 rings (SSSR count). The summed E-state index contributed by atoms with van der Waals surface area (Å²) in [6, 6.07) is 13.8. The van der Waals surface area contributed by atoms with E-state index in [0.717, 1.165) is 29.7 Å². The maximum absolute atomic E-state index is 13.0. The highest BCUT2D eigenvalue weighted by Gasteiger charge is 2.39. The number of ether oxygens (including phenoxy) is 1. The number of hydrogen-bond acceptors (Lipinski definition) is 5. The summed E-state index contributed by atoms with van der Waals surface area (Å²) in [5, 5.41) is 2.69. The van der Waals surface area contributed by atoms with Crippen LogP contribution in [0.1, 0.15) is 49.5 Å². The number of amides is 2. The zero-order valence-corrected chi connectivity index (χ0v) is 18.5. The Morgan fingerprint density at radius 2 is 1.81 bits per heavy atom. The van der Waals surface area contributed by atoms with Crippen molar-refractivity contribution in [3.63, 3.8) is 0 Å². The van der Waals surface area contributed by atoms with Gasteiger partial charge in [-0.25, -0.2) is 9.69 Å². The largest absolute Gasteiger partial charge is 0.459 e. The van der Waals surface area contributed by atoms with Crippen LogP contribution in [-0.2, 0) is 20.7 Å². The average molecular weight is 441 g/mol. The number of unbranched alkanes of at least 4 members (excludes halogenated alkanes) is 1. The molecule has 1 aliphatic heterocycles. The minimum Gasteiger partial charge on any atom is -0.459 e. The summed E-state index contributed by atoms with van der Waals surface area (Å²) in [7, 11) is 0. The highest BCUT2D eigenvalue weighted by atomic mass is 35.5. The summed E-state index contributed by atoms with van der Waals surface area (Å²) in [5.74, 6) is -1.62. The molecule has 0 aromatic heterocycles. The molecule has 6 nitrogen and oxygen atoms in total. The monoisotopic (exact) mass is 440 g/mol. The number of esters is 1. The lowest BCUT2D eigenvalue weighted by Crippen LogP contribution is -2.32. The minimum atomic E-state index is -0.592. The van der Waals surface area contributed by atoms with Crippen molar-refractivity contribution in [1.29, 1.82) is 0 Å². The molecule has 1 N–H and O–H groups in total. The fourth-order valence-corrected chi connectivity index (χ4v) is 3.40. The average Bonchev–Trinajstić information content (AvgIpc) is 2.95. The van der Waals surface area contributed by atoms with Crippen LogP contribution >= 0.6 is 11.6 Å². The van der Waals surface area contributed by atoms with Gasteiger partial charge in [-0.2, -0.15) is 0 Å². The van der Waals surface area contributed by atoms with Gasteiger partial charge < -0.3 is 10.1 Å². The van der Waals surface area contributed by atoms with Crippen molar-refractivity contribution >= 4 is 40.8 Å². The van der Waals surface area contributed by atoms with Crippen LogP contribution in [0.25, 0.3) is 0 Å². The summed E-state index contributed by atoms with van der Waals surface area (Å²) in [6.07, 6.45) is 2.86. The van der Waals surface area contributed by atoms with Crippen molar-refractivity contribution in [3.8, 4) is 0 Å². The highest BCUT2D eigenvalue weighted by Crippen LogP contribution is 2.30. The van der Waals surface area contributed by atoms with Crippen molar-refractivity contribution in [2.45, 2.75) is 46.1 Å². The quantitative estimate of drug-likeness (QED) is 0.460. The lowest BCUT2D eigenvalue weighted by atomic mass is 10.1. The van der Waals surface area contributed by atoms with Gasteiger partial charge in [0.15, 0.2) is 0 Å². The third kappa shape index (κ3) is 5.14. The van der Waals surface area contributed by atoms with Crippen molar-refractivity contribution in [2.75, 3.05) is 10.2 Å². The van der Waals surface area contributed by atoms with E-state index in [4.69, 9.17) is 16.3 Å². The molecule has 162 valence electrons. The first-order valence-electron chi connectivity index (χ1n) is 10.3. The number of nitrogens with zero attached hydrogens (tertiary/aromatic N) is 1. The minimum absolute atomic E-state index is 0.0314. The predicted molar refractivity (Wildman–Crippen MR) is 121 cm³/mol. The van der Waals surface area contributed by atoms with Crippen LogP contribution in [0.4, 0.5) is 11.4 Å². The predicted octanol–water partition coefficient (Wildman–Crippen LogP) is 5.03. The Labute approximate surface area is 186 Å². The Hall–Kier alpha value is -3.12. The number of anilines is 2. The highest BCUT2D eigenvalue weighted by molar-refractivity contribution is 6.53. The fraction of sp³-hybridized carbons (Fsp3) is 0.292. The normalized spacial score (nSPS) is 13.9. The lowest BCUT2D eigenvalue weighted by Gasteiger charge is -2.16. The number of imide groups is 1. The van der Waals surface area contributed by atoms with E-state index >= 15 is 0 Å². The Bertz CT molecular complexity index is 1030. The molecule has 0 fully saturated rings. The number of carbonyl (C=O) groups excluding carboxylic acids is 3. The molecule has 0 saturated heterocycles. The molecule has 0 spiro atoms. The van der Waals surface area contributed by atoms with E-state index in [1.807, 2.05) is 12.1 Å². The standard InChI is InChI=1S/C24H25ClN2O4/c1-4-5-7-16-10-12-19(13-11-16)27-22(28)20(25)21(23(27)29)26-18-9-6-8-17(14-18)24(30)31-15(2)3/h6,8-15,26H,4-5,7H2,1-3H3. The topological polar surface area (TPSA) is 75.7 Å². The van der Waals surface area contributed by atoms with Crippen LogP contribution in [0.2, 0.25) is 0 Å². The molecule has 0 bridgehead atoms. The van der Waals surface area contributed by atoms with E-state index in [1.165, 1.54) is 0 Å². The zero-order chi connectivity index (χ0) is 22.5. The first-order chi connectivity index (χ1) is 14.8. The van der Waals surface area contributed by atoms with Gasteiger partial charge in [0.1, 0.15) is 10.7 Å². The molecule has 1 heterocycles. The van der Waals surface area contributed by atoms with Crippen molar-refractivity contribution in [2.24, 2.45) is 0 Å². The second kappa shape index (κ2) is 9.79. The Balaban J connectivity index is 1.78. The molecule has 0 radical (unpaired) electrons. The van der Waals surface area contributed by atoms with E-state index in [1.54, 1.807) is 50.2 Å². The summed E-state index contributed by atoms with van der Waals surface area (Å²) in [5.41, 5.74) is 2.35. The van der Waals surface area contributed by atoms with Crippen LogP contribution in [0.15, 0.2) is 59.3 Å². The van der Waals surface area contributed by atoms with Crippen LogP contribution in [0, 0.1) is 0 Å². The van der Waals surface area contributed by atoms with Gasteiger partial charge >= 0.3 is 5.97 Å². The van der Waals surface area contributed by atoms with Crippen molar-refractivity contribution in [3.05, 3.63) is 70.4 Å². The molecule has 0 atom stereocenters. The van der Waals surface area contributed by atoms with E-state index in [9.17, 15) is 14.4 Å². The number of carbonyl (C=O) groups is 3. The van der Waals surface area contributed by atoms with Crippen LogP contribution < -0.4 is 10.2 Å². The molecule has 7 heteroatoms. The molecule has 0 saturated carbocycles. The molecule has 31 heavy (non-hydrogen) atoms. The first-order valence-corrected chi connectivity index (χ1v) is 10.6. The number of benzene rings is 2. The molecule has 2 aromatic carbocycles. The smallest absolute Gasteiger partial charge is 0.338 e. The van der Waals surface area contributed by atoms with Gasteiger partial charge in [-0.1, -0.05) is 43.1 Å². The number of rotatable bonds is 8. The third-order valence-electron chi connectivity index (χ3n) is 4.75. The third-order valence-corrected chi connectivity index (χ3v) is 5.10. The molecule has 0 unspecified atom stereocenters. The van der Waals surface area contributed by atoms with Crippen LogP contribution in [0.3, 0.4) is 0 Å². The van der Waals surface area contributed by atoms with Gasteiger partial charge in [0, 0.05) is 5.69 Å². The Morgan fingerprint density at radius 3 is 2.45 bits per heavy atom. The van der Waals surface area contributed by atoms with E-state index in [2.05, 4.69) is 12.2 Å². The van der Waals surface area contributed by atoms with Gasteiger partial charge in [0.25, 0.3) is 11.8 Å². The maximum atomic E-state index is 13.0. The second-order valence-corrected chi connectivity index (χ2v) is 7.94.